The van der Waals surface area contributed by atoms with Crippen molar-refractivity contribution in [1.29, 1.82) is 0 Å². The highest BCUT2D eigenvalue weighted by Gasteiger charge is 2.23. The topological polar surface area (TPSA) is 29.1 Å². The van der Waals surface area contributed by atoms with Crippen LogP contribution in [0.5, 0.6) is 0 Å². The predicted octanol–water partition coefficient (Wildman–Crippen LogP) is 3.43. The van der Waals surface area contributed by atoms with Crippen LogP contribution in [0.15, 0.2) is 18.2 Å². The van der Waals surface area contributed by atoms with Crippen LogP contribution in [0, 0.1) is 18.7 Å². The quantitative estimate of drug-likeness (QED) is 0.851. The molecule has 4 heteroatoms. The number of halogens is 2. The van der Waals surface area contributed by atoms with Gasteiger partial charge in [-0.3, -0.25) is 4.79 Å². The molecule has 2 unspecified atom stereocenters. The third kappa shape index (κ3) is 3.31. The standard InChI is InChI=1S/C14H17BrFNO/c1-9-2-5-12(16)7-13(9)14(18)17-8-10-3-4-11(15)6-10/h2,5,7,10-11H,3-4,6,8H2,1H3,(H,17,18). The van der Waals surface area contributed by atoms with Crippen LogP contribution in [0.25, 0.3) is 0 Å². The summed E-state index contributed by atoms with van der Waals surface area (Å²) in [6, 6.07) is 4.31. The van der Waals surface area contributed by atoms with Crippen molar-refractivity contribution in [3.63, 3.8) is 0 Å². The summed E-state index contributed by atoms with van der Waals surface area (Å²) in [6.45, 7) is 2.50. The van der Waals surface area contributed by atoms with Gasteiger partial charge in [0, 0.05) is 16.9 Å². The fourth-order valence-electron chi connectivity index (χ4n) is 2.37. The minimum atomic E-state index is -0.368. The molecular formula is C14H17BrFNO. The molecule has 0 aliphatic heterocycles. The molecule has 0 bridgehead atoms. The highest BCUT2D eigenvalue weighted by atomic mass is 79.9. The molecule has 1 aliphatic carbocycles. The zero-order chi connectivity index (χ0) is 13.1. The first-order chi connectivity index (χ1) is 8.56. The van der Waals surface area contributed by atoms with E-state index in [-0.39, 0.29) is 11.7 Å². The molecule has 1 aliphatic rings. The van der Waals surface area contributed by atoms with Gasteiger partial charge >= 0.3 is 0 Å². The number of hydrogen-bond acceptors (Lipinski definition) is 1. The average Bonchev–Trinajstić information content (AvgIpc) is 2.75. The second-order valence-corrected chi connectivity index (χ2v) is 6.24. The number of carbonyl (C=O) groups excluding carboxylic acids is 1. The van der Waals surface area contributed by atoms with Gasteiger partial charge in [-0.05, 0) is 49.8 Å². The maximum atomic E-state index is 13.1. The lowest BCUT2D eigenvalue weighted by Gasteiger charge is -2.12. The van der Waals surface area contributed by atoms with E-state index in [1.165, 1.54) is 18.6 Å². The smallest absolute Gasteiger partial charge is 0.251 e. The highest BCUT2D eigenvalue weighted by Crippen LogP contribution is 2.30. The molecule has 1 aromatic rings. The van der Waals surface area contributed by atoms with Gasteiger partial charge in [-0.25, -0.2) is 4.39 Å². The fraction of sp³-hybridized carbons (Fsp3) is 0.500. The van der Waals surface area contributed by atoms with E-state index in [1.807, 2.05) is 6.92 Å². The lowest BCUT2D eigenvalue weighted by atomic mass is 10.1. The number of carbonyl (C=O) groups is 1. The van der Waals surface area contributed by atoms with Crippen LogP contribution >= 0.6 is 15.9 Å². The number of hydrogen-bond donors (Lipinski definition) is 1. The van der Waals surface area contributed by atoms with Crippen LogP contribution in [-0.2, 0) is 0 Å². The van der Waals surface area contributed by atoms with Crippen molar-refractivity contribution >= 4 is 21.8 Å². The number of benzene rings is 1. The highest BCUT2D eigenvalue weighted by molar-refractivity contribution is 9.09. The van der Waals surface area contributed by atoms with E-state index in [1.54, 1.807) is 6.07 Å². The van der Waals surface area contributed by atoms with E-state index in [9.17, 15) is 9.18 Å². The Kier molecular flexibility index (Phi) is 4.38. The van der Waals surface area contributed by atoms with E-state index in [4.69, 9.17) is 0 Å². The first-order valence-electron chi connectivity index (χ1n) is 6.24. The summed E-state index contributed by atoms with van der Waals surface area (Å²) in [5.41, 5.74) is 1.24. The zero-order valence-corrected chi connectivity index (χ0v) is 12.0. The van der Waals surface area contributed by atoms with Crippen LogP contribution in [0.4, 0.5) is 4.39 Å². The molecule has 1 fully saturated rings. The van der Waals surface area contributed by atoms with Gasteiger partial charge in [0.2, 0.25) is 0 Å². The van der Waals surface area contributed by atoms with E-state index in [2.05, 4.69) is 21.2 Å². The minimum absolute atomic E-state index is 0.176. The minimum Gasteiger partial charge on any atom is -0.352 e. The normalized spacial score (nSPS) is 23.1. The Hall–Kier alpha value is -0.900. The molecule has 1 amide bonds. The van der Waals surface area contributed by atoms with E-state index >= 15 is 0 Å². The zero-order valence-electron chi connectivity index (χ0n) is 10.4. The molecule has 0 saturated heterocycles. The molecule has 18 heavy (non-hydrogen) atoms. The predicted molar refractivity (Wildman–Crippen MR) is 73.5 cm³/mol. The third-order valence-corrected chi connectivity index (χ3v) is 4.30. The summed E-state index contributed by atoms with van der Waals surface area (Å²) < 4.78 is 13.1. The summed E-state index contributed by atoms with van der Waals surface area (Å²) in [4.78, 5) is 12.5. The van der Waals surface area contributed by atoms with Crippen LogP contribution in [0.3, 0.4) is 0 Å². The Morgan fingerprint density at radius 3 is 2.94 bits per heavy atom. The van der Waals surface area contributed by atoms with Crippen molar-refractivity contribution in [3.05, 3.63) is 35.1 Å². The molecule has 1 saturated carbocycles. The summed E-state index contributed by atoms with van der Waals surface area (Å²) in [5.74, 6) is -0.00986. The fourth-order valence-corrected chi connectivity index (χ4v) is 3.16. The summed E-state index contributed by atoms with van der Waals surface area (Å²) in [5, 5.41) is 2.90. The van der Waals surface area contributed by atoms with Crippen LogP contribution in [0.1, 0.15) is 35.2 Å². The molecule has 0 spiro atoms. The van der Waals surface area contributed by atoms with E-state index < -0.39 is 0 Å². The van der Waals surface area contributed by atoms with Gasteiger partial charge in [0.1, 0.15) is 5.82 Å². The van der Waals surface area contributed by atoms with Crippen molar-refractivity contribution in [1.82, 2.24) is 5.32 Å². The molecule has 2 rings (SSSR count). The van der Waals surface area contributed by atoms with Gasteiger partial charge in [-0.15, -0.1) is 0 Å². The average molecular weight is 314 g/mol. The van der Waals surface area contributed by atoms with Crippen molar-refractivity contribution in [3.8, 4) is 0 Å². The third-order valence-electron chi connectivity index (χ3n) is 3.47. The molecule has 1 aromatic carbocycles. The summed E-state index contributed by atoms with van der Waals surface area (Å²) in [7, 11) is 0. The second kappa shape index (κ2) is 5.83. The molecule has 0 heterocycles. The Labute approximate surface area is 115 Å². The van der Waals surface area contributed by atoms with Gasteiger partial charge in [-0.1, -0.05) is 22.0 Å². The maximum absolute atomic E-state index is 13.1. The number of nitrogens with one attached hydrogen (secondary N) is 1. The molecule has 0 radical (unpaired) electrons. The maximum Gasteiger partial charge on any atom is 0.251 e. The Bertz CT molecular complexity index is 449. The lowest BCUT2D eigenvalue weighted by Crippen LogP contribution is -2.29. The first-order valence-corrected chi connectivity index (χ1v) is 7.16. The Morgan fingerprint density at radius 2 is 2.28 bits per heavy atom. The molecule has 0 aromatic heterocycles. The largest absolute Gasteiger partial charge is 0.352 e. The Balaban J connectivity index is 1.93. The first kappa shape index (κ1) is 13.5. The van der Waals surface area contributed by atoms with Crippen LogP contribution < -0.4 is 5.32 Å². The van der Waals surface area contributed by atoms with E-state index in [0.717, 1.165) is 18.4 Å². The summed E-state index contributed by atoms with van der Waals surface area (Å²) >= 11 is 3.59. The number of amides is 1. The lowest BCUT2D eigenvalue weighted by molar-refractivity contribution is 0.0946. The number of aryl methyl sites for hydroxylation is 1. The molecular weight excluding hydrogens is 297 g/mol. The molecule has 1 N–H and O–H groups in total. The van der Waals surface area contributed by atoms with Crippen LogP contribution in [-0.4, -0.2) is 17.3 Å². The van der Waals surface area contributed by atoms with Crippen molar-refractivity contribution in [2.24, 2.45) is 5.92 Å². The van der Waals surface area contributed by atoms with Gasteiger partial charge in [0.05, 0.1) is 0 Å². The molecule has 2 nitrogen and oxygen atoms in total. The van der Waals surface area contributed by atoms with Crippen molar-refractivity contribution < 1.29 is 9.18 Å². The van der Waals surface area contributed by atoms with Gasteiger partial charge in [-0.2, -0.15) is 0 Å². The number of rotatable bonds is 3. The Morgan fingerprint density at radius 1 is 1.50 bits per heavy atom. The van der Waals surface area contributed by atoms with Gasteiger partial charge in [0.15, 0.2) is 0 Å². The van der Waals surface area contributed by atoms with Crippen molar-refractivity contribution in [2.45, 2.75) is 31.0 Å². The van der Waals surface area contributed by atoms with Gasteiger partial charge in [0.25, 0.3) is 5.91 Å². The van der Waals surface area contributed by atoms with Crippen LogP contribution in [0.2, 0.25) is 0 Å². The molecule has 2 atom stereocenters. The van der Waals surface area contributed by atoms with Crippen molar-refractivity contribution in [2.75, 3.05) is 6.54 Å². The van der Waals surface area contributed by atoms with Gasteiger partial charge < -0.3 is 5.32 Å². The second-order valence-electron chi connectivity index (χ2n) is 4.95. The SMILES string of the molecule is Cc1ccc(F)cc1C(=O)NCC1CCC(Br)C1. The number of alkyl halides is 1. The monoisotopic (exact) mass is 313 g/mol. The molecule has 98 valence electrons. The summed E-state index contributed by atoms with van der Waals surface area (Å²) in [6.07, 6.45) is 3.40. The van der Waals surface area contributed by atoms with E-state index in [0.29, 0.717) is 22.9 Å².